The SMILES string of the molecule is CCNS(=O)(=O)c1ccccc1NC(=O)C1COCCN1. The first-order valence-electron chi connectivity index (χ1n) is 6.75. The molecule has 1 aromatic carbocycles. The molecule has 0 saturated carbocycles. The van der Waals surface area contributed by atoms with Gasteiger partial charge in [0.15, 0.2) is 0 Å². The Hall–Kier alpha value is -1.48. The summed E-state index contributed by atoms with van der Waals surface area (Å²) in [6.07, 6.45) is 0. The highest BCUT2D eigenvalue weighted by Gasteiger charge is 2.24. The zero-order valence-electron chi connectivity index (χ0n) is 11.8. The van der Waals surface area contributed by atoms with Gasteiger partial charge in [0, 0.05) is 13.1 Å². The van der Waals surface area contributed by atoms with E-state index in [0.717, 1.165) is 0 Å². The molecule has 0 aliphatic carbocycles. The van der Waals surface area contributed by atoms with Gasteiger partial charge in [-0.3, -0.25) is 4.79 Å². The molecule has 2 rings (SSSR count). The van der Waals surface area contributed by atoms with E-state index in [0.29, 0.717) is 13.2 Å². The van der Waals surface area contributed by atoms with Gasteiger partial charge in [-0.15, -0.1) is 0 Å². The van der Waals surface area contributed by atoms with Crippen LogP contribution < -0.4 is 15.4 Å². The molecule has 1 aromatic rings. The molecule has 21 heavy (non-hydrogen) atoms. The smallest absolute Gasteiger partial charge is 0.243 e. The Morgan fingerprint density at radius 2 is 2.19 bits per heavy atom. The lowest BCUT2D eigenvalue weighted by atomic mass is 10.2. The zero-order valence-corrected chi connectivity index (χ0v) is 12.6. The molecule has 0 spiro atoms. The molecule has 1 atom stereocenters. The second kappa shape index (κ2) is 6.99. The number of anilines is 1. The summed E-state index contributed by atoms with van der Waals surface area (Å²) in [6.45, 7) is 3.41. The second-order valence-electron chi connectivity index (χ2n) is 4.57. The largest absolute Gasteiger partial charge is 0.378 e. The number of hydrogen-bond donors (Lipinski definition) is 3. The van der Waals surface area contributed by atoms with Crippen molar-refractivity contribution in [1.29, 1.82) is 0 Å². The summed E-state index contributed by atoms with van der Waals surface area (Å²) in [5, 5.41) is 5.66. The van der Waals surface area contributed by atoms with Crippen LogP contribution in [0.25, 0.3) is 0 Å². The highest BCUT2D eigenvalue weighted by molar-refractivity contribution is 7.89. The van der Waals surface area contributed by atoms with E-state index in [1.807, 2.05) is 0 Å². The van der Waals surface area contributed by atoms with E-state index >= 15 is 0 Å². The van der Waals surface area contributed by atoms with Gasteiger partial charge in [-0.2, -0.15) is 0 Å². The van der Waals surface area contributed by atoms with E-state index in [4.69, 9.17) is 4.74 Å². The minimum absolute atomic E-state index is 0.0527. The summed E-state index contributed by atoms with van der Waals surface area (Å²) in [5.74, 6) is -0.311. The fourth-order valence-electron chi connectivity index (χ4n) is 2.03. The van der Waals surface area contributed by atoms with E-state index < -0.39 is 16.1 Å². The van der Waals surface area contributed by atoms with Crippen LogP contribution in [0.4, 0.5) is 5.69 Å². The number of benzene rings is 1. The van der Waals surface area contributed by atoms with Gasteiger partial charge in [0.25, 0.3) is 0 Å². The number of carbonyl (C=O) groups is 1. The van der Waals surface area contributed by atoms with Crippen molar-refractivity contribution in [2.45, 2.75) is 17.9 Å². The van der Waals surface area contributed by atoms with Gasteiger partial charge in [-0.25, -0.2) is 13.1 Å². The Labute approximate surface area is 124 Å². The van der Waals surface area contributed by atoms with Crippen LogP contribution in [0.3, 0.4) is 0 Å². The van der Waals surface area contributed by atoms with E-state index in [9.17, 15) is 13.2 Å². The zero-order chi connectivity index (χ0) is 15.3. The number of sulfonamides is 1. The van der Waals surface area contributed by atoms with Gasteiger partial charge >= 0.3 is 0 Å². The van der Waals surface area contributed by atoms with Crippen LogP contribution in [0, 0.1) is 0 Å². The molecule has 0 radical (unpaired) electrons. The van der Waals surface area contributed by atoms with Gasteiger partial charge in [0.1, 0.15) is 10.9 Å². The van der Waals surface area contributed by atoms with Crippen LogP contribution >= 0.6 is 0 Å². The van der Waals surface area contributed by atoms with Crippen molar-refractivity contribution in [3.05, 3.63) is 24.3 Å². The number of para-hydroxylation sites is 1. The molecule has 7 nitrogen and oxygen atoms in total. The van der Waals surface area contributed by atoms with E-state index in [1.165, 1.54) is 6.07 Å². The number of carbonyl (C=O) groups excluding carboxylic acids is 1. The van der Waals surface area contributed by atoms with Crippen LogP contribution in [0.1, 0.15) is 6.92 Å². The first kappa shape index (κ1) is 15.9. The van der Waals surface area contributed by atoms with Crippen LogP contribution in [0.2, 0.25) is 0 Å². The van der Waals surface area contributed by atoms with Crippen molar-refractivity contribution in [3.8, 4) is 0 Å². The number of hydrogen-bond acceptors (Lipinski definition) is 5. The van der Waals surface area contributed by atoms with E-state index in [-0.39, 0.29) is 29.6 Å². The Kier molecular flexibility index (Phi) is 5.29. The highest BCUT2D eigenvalue weighted by atomic mass is 32.2. The normalized spacial score (nSPS) is 19.2. The molecule has 0 aromatic heterocycles. The van der Waals surface area contributed by atoms with Crippen molar-refractivity contribution in [2.75, 3.05) is 31.6 Å². The van der Waals surface area contributed by atoms with Crippen molar-refractivity contribution >= 4 is 21.6 Å². The molecule has 1 aliphatic heterocycles. The number of rotatable bonds is 5. The fraction of sp³-hybridized carbons (Fsp3) is 0.462. The molecule has 1 heterocycles. The number of nitrogens with one attached hydrogen (secondary N) is 3. The Balaban J connectivity index is 2.18. The van der Waals surface area contributed by atoms with Crippen LogP contribution in [-0.2, 0) is 19.6 Å². The monoisotopic (exact) mass is 313 g/mol. The van der Waals surface area contributed by atoms with Crippen LogP contribution in [-0.4, -0.2) is 46.7 Å². The molecular formula is C13H19N3O4S. The molecule has 0 bridgehead atoms. The van der Waals surface area contributed by atoms with Gasteiger partial charge < -0.3 is 15.4 Å². The van der Waals surface area contributed by atoms with Crippen LogP contribution in [0.5, 0.6) is 0 Å². The standard InChI is InChI=1S/C13H19N3O4S/c1-2-15-21(18,19)12-6-4-3-5-10(12)16-13(17)11-9-20-8-7-14-11/h3-6,11,14-15H,2,7-9H2,1H3,(H,16,17). The van der Waals surface area contributed by atoms with Crippen molar-refractivity contribution in [2.24, 2.45) is 0 Å². The first-order chi connectivity index (χ1) is 10.0. The lowest BCUT2D eigenvalue weighted by molar-refractivity contribution is -0.120. The average Bonchev–Trinajstić information content (AvgIpc) is 2.48. The summed E-state index contributed by atoms with van der Waals surface area (Å²) in [4.78, 5) is 12.2. The quantitative estimate of drug-likeness (QED) is 0.706. The minimum atomic E-state index is -3.63. The summed E-state index contributed by atoms with van der Waals surface area (Å²) in [5.41, 5.74) is 0.260. The third-order valence-corrected chi connectivity index (χ3v) is 4.61. The number of ether oxygens (including phenoxy) is 1. The van der Waals surface area contributed by atoms with E-state index in [1.54, 1.807) is 25.1 Å². The second-order valence-corrected chi connectivity index (χ2v) is 6.30. The predicted molar refractivity (Wildman–Crippen MR) is 78.5 cm³/mol. The van der Waals surface area contributed by atoms with E-state index in [2.05, 4.69) is 15.4 Å². The van der Waals surface area contributed by atoms with Gasteiger partial charge in [-0.1, -0.05) is 19.1 Å². The van der Waals surface area contributed by atoms with Gasteiger partial charge in [0.05, 0.1) is 18.9 Å². The molecule has 8 heteroatoms. The van der Waals surface area contributed by atoms with Crippen molar-refractivity contribution in [1.82, 2.24) is 10.0 Å². The van der Waals surface area contributed by atoms with Crippen molar-refractivity contribution in [3.63, 3.8) is 0 Å². The topological polar surface area (TPSA) is 96.5 Å². The number of amides is 1. The molecule has 1 amide bonds. The molecule has 1 aliphatic rings. The Morgan fingerprint density at radius 3 is 2.86 bits per heavy atom. The molecule has 1 fully saturated rings. The molecule has 116 valence electrons. The Morgan fingerprint density at radius 1 is 1.43 bits per heavy atom. The maximum Gasteiger partial charge on any atom is 0.243 e. The summed E-state index contributed by atoms with van der Waals surface area (Å²) in [7, 11) is -3.63. The van der Waals surface area contributed by atoms with Crippen LogP contribution in [0.15, 0.2) is 29.2 Å². The average molecular weight is 313 g/mol. The molecule has 3 N–H and O–H groups in total. The lowest BCUT2D eigenvalue weighted by Crippen LogP contribution is -2.49. The summed E-state index contributed by atoms with van der Waals surface area (Å²) in [6, 6.07) is 5.82. The third kappa shape index (κ3) is 4.01. The predicted octanol–water partition coefficient (Wildman–Crippen LogP) is -0.0883. The Bertz CT molecular complexity index is 597. The highest BCUT2D eigenvalue weighted by Crippen LogP contribution is 2.20. The first-order valence-corrected chi connectivity index (χ1v) is 8.23. The fourth-order valence-corrected chi connectivity index (χ4v) is 3.23. The van der Waals surface area contributed by atoms with Gasteiger partial charge in [-0.05, 0) is 12.1 Å². The van der Waals surface area contributed by atoms with Crippen molar-refractivity contribution < 1.29 is 17.9 Å². The maximum atomic E-state index is 12.1. The number of morpholine rings is 1. The van der Waals surface area contributed by atoms with Gasteiger partial charge in [0.2, 0.25) is 15.9 Å². The minimum Gasteiger partial charge on any atom is -0.378 e. The molecular weight excluding hydrogens is 294 g/mol. The summed E-state index contributed by atoms with van der Waals surface area (Å²) < 4.78 is 31.9. The third-order valence-electron chi connectivity index (χ3n) is 3.01. The summed E-state index contributed by atoms with van der Waals surface area (Å²) >= 11 is 0. The molecule has 1 unspecified atom stereocenters. The molecule has 1 saturated heterocycles. The lowest BCUT2D eigenvalue weighted by Gasteiger charge is -2.23. The maximum absolute atomic E-state index is 12.1.